The summed E-state index contributed by atoms with van der Waals surface area (Å²) in [6.07, 6.45) is 7.92. The number of fused-ring (bicyclic) bond motifs is 1. The van der Waals surface area contributed by atoms with E-state index in [0.29, 0.717) is 92.1 Å². The Morgan fingerprint density at radius 2 is 1.42 bits per heavy atom. The van der Waals surface area contributed by atoms with E-state index in [0.717, 1.165) is 5.56 Å². The minimum atomic E-state index is -1.15. The maximum atomic E-state index is 13.7. The molecule has 6 rings (SSSR count). The van der Waals surface area contributed by atoms with Crippen molar-refractivity contribution >= 4 is 105 Å². The van der Waals surface area contributed by atoms with E-state index in [1.165, 1.54) is 11.1 Å². The first-order valence-electron chi connectivity index (χ1n) is 20.8. The first-order chi connectivity index (χ1) is 31.0. The van der Waals surface area contributed by atoms with Crippen molar-refractivity contribution < 1.29 is 29.1 Å². The standard InChI is InChI=1S/C47H45Cl4N7O7/c48-35-16-9-27(20-37(35)50)18-31-24-58(25-32(42(31)61)19-28-10-17-36(49)38(51)21-28)45(63)39(52)5-3-1-2-4-34(59)15-13-30(46(64)65)22-40(60)29-11-6-26(7-12-29)8-14-33-23-54-41-43(55-33)56-47(53)57-44(41)62/h6-7,9-12,16-21,23,30,39H,1-5,8,13-15,22,24-25,52H2,(H,64,65)(H3,53,55,56,57,62)/b31-18+,32-19+/t30-,39+/m0/s1. The van der Waals surface area contributed by atoms with Crippen LogP contribution in [0.25, 0.3) is 23.3 Å². The molecule has 14 nitrogen and oxygen atoms in total. The first-order valence-corrected chi connectivity index (χ1v) is 22.3. The van der Waals surface area contributed by atoms with Crippen LogP contribution < -0.4 is 17.0 Å². The van der Waals surface area contributed by atoms with E-state index in [4.69, 9.17) is 57.9 Å². The normalized spacial score (nSPS) is 15.1. The van der Waals surface area contributed by atoms with E-state index in [1.54, 1.807) is 72.8 Å². The fourth-order valence-electron chi connectivity index (χ4n) is 7.36. The second-order valence-corrected chi connectivity index (χ2v) is 17.5. The molecule has 18 heteroatoms. The summed E-state index contributed by atoms with van der Waals surface area (Å²) in [7, 11) is 0. The third kappa shape index (κ3) is 13.4. The summed E-state index contributed by atoms with van der Waals surface area (Å²) in [5, 5.41) is 11.2. The molecule has 1 aliphatic heterocycles. The molecule has 3 heterocycles. The molecule has 1 amide bonds. The number of nitrogens with two attached hydrogens (primary N) is 2. The van der Waals surface area contributed by atoms with Gasteiger partial charge in [0.1, 0.15) is 5.78 Å². The fraction of sp³-hybridized carbons (Fsp3) is 0.298. The summed E-state index contributed by atoms with van der Waals surface area (Å²) in [6, 6.07) is 15.9. The number of rotatable bonds is 19. The van der Waals surface area contributed by atoms with Crippen LogP contribution in [0.5, 0.6) is 0 Å². The smallest absolute Gasteiger partial charge is 0.306 e. The van der Waals surface area contributed by atoms with Crippen molar-refractivity contribution in [1.29, 1.82) is 0 Å². The zero-order chi connectivity index (χ0) is 46.8. The van der Waals surface area contributed by atoms with Gasteiger partial charge in [-0.05, 0) is 85.2 Å². The van der Waals surface area contributed by atoms with Crippen LogP contribution in [0.2, 0.25) is 20.1 Å². The lowest BCUT2D eigenvalue weighted by Gasteiger charge is -2.32. The maximum Gasteiger partial charge on any atom is 0.306 e. The van der Waals surface area contributed by atoms with E-state index in [-0.39, 0.29) is 79.1 Å². The van der Waals surface area contributed by atoms with Gasteiger partial charge < -0.3 is 21.5 Å². The van der Waals surface area contributed by atoms with E-state index >= 15 is 0 Å². The molecule has 1 aliphatic rings. The molecule has 2 aromatic heterocycles. The van der Waals surface area contributed by atoms with Gasteiger partial charge in [-0.2, -0.15) is 4.98 Å². The number of carbonyl (C=O) groups excluding carboxylic acids is 4. The second kappa shape index (κ2) is 22.4. The van der Waals surface area contributed by atoms with E-state index in [1.807, 2.05) is 0 Å². The number of nitrogens with zero attached hydrogens (tertiary/aromatic N) is 4. The van der Waals surface area contributed by atoms with Crippen LogP contribution >= 0.6 is 46.4 Å². The van der Waals surface area contributed by atoms with Crippen LogP contribution in [-0.2, 0) is 32.0 Å². The summed E-state index contributed by atoms with van der Waals surface area (Å²) in [4.78, 5) is 93.8. The monoisotopic (exact) mass is 959 g/mol. The quantitative estimate of drug-likeness (QED) is 0.0349. The number of aromatic nitrogens is 4. The number of carboxylic acids is 1. The SMILES string of the molecule is Nc1nc2nc(CCc3ccc(C(=O)C[C@H](CCC(=O)CCCCC[C@@H](N)C(=O)N4C/C(=C\c5ccc(Cl)c(Cl)c5)C(=O)/C(=C/c5ccc(Cl)c(Cl)c5)C4)C(=O)O)cc3)cnc2c(=O)[nH]1. The fourth-order valence-corrected chi connectivity index (χ4v) is 7.97. The molecular weight excluding hydrogens is 916 g/mol. The van der Waals surface area contributed by atoms with Crippen LogP contribution in [0.1, 0.15) is 84.1 Å². The number of carbonyl (C=O) groups is 5. The Kier molecular flexibility index (Phi) is 16.8. The highest BCUT2D eigenvalue weighted by atomic mass is 35.5. The molecule has 2 atom stereocenters. The molecule has 1 fully saturated rings. The Labute approximate surface area is 394 Å². The Balaban J connectivity index is 0.947. The summed E-state index contributed by atoms with van der Waals surface area (Å²) in [6.45, 7) is 0.0542. The van der Waals surface area contributed by atoms with E-state index in [9.17, 15) is 33.9 Å². The molecule has 338 valence electrons. The predicted molar refractivity (Wildman–Crippen MR) is 252 cm³/mol. The third-order valence-corrected chi connectivity index (χ3v) is 12.4. The number of piperidine rings is 1. The Morgan fingerprint density at radius 1 is 0.785 bits per heavy atom. The number of anilines is 1. The molecule has 0 saturated carbocycles. The van der Waals surface area contributed by atoms with Gasteiger partial charge in [0, 0.05) is 55.3 Å². The van der Waals surface area contributed by atoms with Gasteiger partial charge >= 0.3 is 5.97 Å². The molecule has 0 aliphatic carbocycles. The summed E-state index contributed by atoms with van der Waals surface area (Å²) < 4.78 is 0. The van der Waals surface area contributed by atoms with Crippen molar-refractivity contribution in [3.63, 3.8) is 0 Å². The van der Waals surface area contributed by atoms with Crippen LogP contribution in [0, 0.1) is 5.92 Å². The van der Waals surface area contributed by atoms with Crippen LogP contribution in [0.15, 0.2) is 82.8 Å². The molecule has 5 aromatic rings. The summed E-state index contributed by atoms with van der Waals surface area (Å²) in [5.74, 6) is -3.27. The van der Waals surface area contributed by atoms with Crippen LogP contribution in [0.3, 0.4) is 0 Å². The topological polar surface area (TPSA) is 232 Å². The van der Waals surface area contributed by atoms with Crippen molar-refractivity contribution in [2.75, 3.05) is 18.8 Å². The Bertz CT molecular complexity index is 2680. The van der Waals surface area contributed by atoms with E-state index < -0.39 is 23.5 Å². The number of H-pyrrole nitrogens is 1. The number of hydrogen-bond donors (Lipinski definition) is 4. The lowest BCUT2D eigenvalue weighted by Crippen LogP contribution is -2.48. The number of amides is 1. The Morgan fingerprint density at radius 3 is 2.02 bits per heavy atom. The van der Waals surface area contributed by atoms with Crippen LogP contribution in [-0.4, -0.2) is 78.3 Å². The number of benzene rings is 3. The average molecular weight is 962 g/mol. The minimum Gasteiger partial charge on any atom is -0.481 e. The lowest BCUT2D eigenvalue weighted by molar-refractivity contribution is -0.142. The predicted octanol–water partition coefficient (Wildman–Crippen LogP) is 8.17. The molecule has 0 radical (unpaired) electrons. The number of aromatic amines is 1. The number of aryl methyl sites for hydroxylation is 2. The van der Waals surface area contributed by atoms with Crippen molar-refractivity contribution in [3.8, 4) is 0 Å². The number of halogens is 4. The highest BCUT2D eigenvalue weighted by molar-refractivity contribution is 6.42. The van der Waals surface area contributed by atoms with Crippen molar-refractivity contribution in [3.05, 3.63) is 136 Å². The number of Topliss-reactive ketones (excluding diaryl/α,β-unsaturated/α-hetero) is 3. The molecule has 6 N–H and O–H groups in total. The minimum absolute atomic E-state index is 0.0131. The van der Waals surface area contributed by atoms with Gasteiger partial charge in [0.2, 0.25) is 11.9 Å². The van der Waals surface area contributed by atoms with Crippen molar-refractivity contribution in [2.24, 2.45) is 11.7 Å². The van der Waals surface area contributed by atoms with Gasteiger partial charge in [-0.1, -0.05) is 95.6 Å². The van der Waals surface area contributed by atoms with Gasteiger partial charge in [0.25, 0.3) is 5.56 Å². The van der Waals surface area contributed by atoms with Gasteiger partial charge in [-0.25, -0.2) is 9.97 Å². The van der Waals surface area contributed by atoms with Gasteiger partial charge in [0.15, 0.2) is 22.7 Å². The zero-order valence-corrected chi connectivity index (χ0v) is 38.0. The molecule has 65 heavy (non-hydrogen) atoms. The highest BCUT2D eigenvalue weighted by Gasteiger charge is 2.31. The lowest BCUT2D eigenvalue weighted by atomic mass is 9.92. The average Bonchev–Trinajstić information content (AvgIpc) is 3.27. The number of nitrogens with one attached hydrogen (secondary N) is 1. The first kappa shape index (κ1) is 48.7. The number of unbranched alkanes of at least 4 members (excludes halogenated alkanes) is 2. The zero-order valence-electron chi connectivity index (χ0n) is 35.0. The number of likely N-dealkylation sites (tertiary alicyclic amines) is 1. The maximum absolute atomic E-state index is 13.7. The third-order valence-electron chi connectivity index (χ3n) is 11.0. The Hall–Kier alpha value is -5.77. The number of aliphatic carboxylic acids is 1. The number of ketones is 3. The highest BCUT2D eigenvalue weighted by Crippen LogP contribution is 2.29. The van der Waals surface area contributed by atoms with Gasteiger partial charge in [0.05, 0.1) is 37.7 Å². The summed E-state index contributed by atoms with van der Waals surface area (Å²) in [5.41, 5.74) is 15.6. The molecule has 0 unspecified atom stereocenters. The van der Waals surface area contributed by atoms with Crippen LogP contribution in [0.4, 0.5) is 5.95 Å². The van der Waals surface area contributed by atoms with Crippen molar-refractivity contribution in [1.82, 2.24) is 24.8 Å². The molecule has 3 aromatic carbocycles. The van der Waals surface area contributed by atoms with Gasteiger partial charge in [-0.3, -0.25) is 33.8 Å². The van der Waals surface area contributed by atoms with Crippen molar-refractivity contribution in [2.45, 2.75) is 70.3 Å². The van der Waals surface area contributed by atoms with E-state index in [2.05, 4.69) is 19.9 Å². The molecule has 1 saturated heterocycles. The molecule has 0 spiro atoms. The molecular formula is C47H45Cl4N7O7. The number of carboxylic acid groups (broad SMARTS) is 1. The molecule has 0 bridgehead atoms. The largest absolute Gasteiger partial charge is 0.481 e. The second-order valence-electron chi connectivity index (χ2n) is 15.8. The summed E-state index contributed by atoms with van der Waals surface area (Å²) >= 11 is 24.7. The number of nitrogen functional groups attached to an aromatic ring is 1. The number of hydrogen-bond acceptors (Lipinski definition) is 11. The van der Waals surface area contributed by atoms with Gasteiger partial charge in [-0.15, -0.1) is 0 Å².